The van der Waals surface area contributed by atoms with E-state index in [1.165, 1.54) is 19.2 Å². The first kappa shape index (κ1) is 8.96. The SMILES string of the molecule is CONCc1cc(O)cc(F)c1. The van der Waals surface area contributed by atoms with Crippen LogP contribution in [0.15, 0.2) is 18.2 Å². The Balaban J connectivity index is 2.72. The van der Waals surface area contributed by atoms with Crippen molar-refractivity contribution in [2.45, 2.75) is 6.54 Å². The minimum Gasteiger partial charge on any atom is -0.508 e. The molecule has 1 aromatic rings. The molecule has 0 unspecified atom stereocenters. The number of rotatable bonds is 3. The Labute approximate surface area is 69.7 Å². The van der Waals surface area contributed by atoms with E-state index in [1.807, 2.05) is 0 Å². The van der Waals surface area contributed by atoms with Gasteiger partial charge in [0.25, 0.3) is 0 Å². The number of benzene rings is 1. The number of hydroxylamine groups is 1. The van der Waals surface area contributed by atoms with Crippen molar-refractivity contribution in [3.8, 4) is 5.75 Å². The first-order chi connectivity index (χ1) is 5.72. The second-order valence-corrected chi connectivity index (χ2v) is 2.34. The van der Waals surface area contributed by atoms with Crippen molar-refractivity contribution in [1.29, 1.82) is 0 Å². The lowest BCUT2D eigenvalue weighted by Gasteiger charge is -2.02. The maximum absolute atomic E-state index is 12.6. The van der Waals surface area contributed by atoms with Gasteiger partial charge in [0, 0.05) is 12.6 Å². The van der Waals surface area contributed by atoms with Gasteiger partial charge in [0.2, 0.25) is 0 Å². The van der Waals surface area contributed by atoms with E-state index in [-0.39, 0.29) is 5.75 Å². The van der Waals surface area contributed by atoms with Crippen LogP contribution in [0.2, 0.25) is 0 Å². The first-order valence-corrected chi connectivity index (χ1v) is 3.46. The third-order valence-electron chi connectivity index (χ3n) is 1.36. The molecule has 0 amide bonds. The second kappa shape index (κ2) is 4.04. The van der Waals surface area contributed by atoms with E-state index < -0.39 is 5.82 Å². The monoisotopic (exact) mass is 171 g/mol. The van der Waals surface area contributed by atoms with Crippen LogP contribution in [0, 0.1) is 5.82 Å². The standard InChI is InChI=1S/C8H10FNO2/c1-12-10-5-6-2-7(9)4-8(11)3-6/h2-4,10-11H,5H2,1H3. The molecule has 12 heavy (non-hydrogen) atoms. The predicted molar refractivity (Wildman–Crippen MR) is 41.9 cm³/mol. The summed E-state index contributed by atoms with van der Waals surface area (Å²) in [4.78, 5) is 4.57. The van der Waals surface area contributed by atoms with Crippen molar-refractivity contribution in [2.75, 3.05) is 7.11 Å². The lowest BCUT2D eigenvalue weighted by atomic mass is 10.2. The van der Waals surface area contributed by atoms with E-state index >= 15 is 0 Å². The molecule has 0 spiro atoms. The Bertz CT molecular complexity index is 245. The number of phenolic OH excluding ortho intramolecular Hbond substituents is 1. The maximum Gasteiger partial charge on any atom is 0.127 e. The molecule has 2 N–H and O–H groups in total. The molecule has 0 aliphatic carbocycles. The summed E-state index contributed by atoms with van der Waals surface area (Å²) in [5.74, 6) is -0.536. The molecular formula is C8H10FNO2. The minimum absolute atomic E-state index is 0.0806. The molecule has 0 aliphatic heterocycles. The Morgan fingerprint density at radius 3 is 2.83 bits per heavy atom. The predicted octanol–water partition coefficient (Wildman–Crippen LogP) is 1.18. The lowest BCUT2D eigenvalue weighted by molar-refractivity contribution is 0.0866. The lowest BCUT2D eigenvalue weighted by Crippen LogP contribution is -2.10. The molecule has 0 heterocycles. The Morgan fingerprint density at radius 2 is 2.25 bits per heavy atom. The summed E-state index contributed by atoms with van der Waals surface area (Å²) in [7, 11) is 1.47. The van der Waals surface area contributed by atoms with Crippen molar-refractivity contribution in [1.82, 2.24) is 5.48 Å². The normalized spacial score (nSPS) is 10.2. The third-order valence-corrected chi connectivity index (χ3v) is 1.36. The van der Waals surface area contributed by atoms with Gasteiger partial charge >= 0.3 is 0 Å². The summed E-state index contributed by atoms with van der Waals surface area (Å²) in [6.07, 6.45) is 0. The molecule has 66 valence electrons. The zero-order valence-electron chi connectivity index (χ0n) is 6.67. The molecule has 3 nitrogen and oxygen atoms in total. The summed E-state index contributed by atoms with van der Waals surface area (Å²) in [5.41, 5.74) is 3.17. The van der Waals surface area contributed by atoms with Crippen LogP contribution in [-0.2, 0) is 11.4 Å². The van der Waals surface area contributed by atoms with Crippen LogP contribution in [0.25, 0.3) is 0 Å². The largest absolute Gasteiger partial charge is 0.508 e. The molecule has 1 aromatic carbocycles. The molecular weight excluding hydrogens is 161 g/mol. The first-order valence-electron chi connectivity index (χ1n) is 3.46. The zero-order valence-corrected chi connectivity index (χ0v) is 6.67. The van der Waals surface area contributed by atoms with Crippen LogP contribution in [0.3, 0.4) is 0 Å². The fourth-order valence-electron chi connectivity index (χ4n) is 0.891. The topological polar surface area (TPSA) is 41.5 Å². The molecule has 0 radical (unpaired) electrons. The van der Waals surface area contributed by atoms with Gasteiger partial charge in [-0.05, 0) is 17.7 Å². The van der Waals surface area contributed by atoms with Crippen LogP contribution < -0.4 is 5.48 Å². The van der Waals surface area contributed by atoms with E-state index in [4.69, 9.17) is 5.11 Å². The number of nitrogens with one attached hydrogen (secondary N) is 1. The maximum atomic E-state index is 12.6. The smallest absolute Gasteiger partial charge is 0.127 e. The number of hydrogen-bond donors (Lipinski definition) is 2. The summed E-state index contributed by atoms with van der Waals surface area (Å²) in [6, 6.07) is 3.84. The summed E-state index contributed by atoms with van der Waals surface area (Å²) < 4.78 is 12.6. The molecule has 0 aliphatic rings. The van der Waals surface area contributed by atoms with Gasteiger partial charge in [0.1, 0.15) is 11.6 Å². The van der Waals surface area contributed by atoms with Crippen molar-refractivity contribution < 1.29 is 14.3 Å². The van der Waals surface area contributed by atoms with Crippen molar-refractivity contribution in [3.63, 3.8) is 0 Å². The van der Waals surface area contributed by atoms with Gasteiger partial charge < -0.3 is 9.94 Å². The van der Waals surface area contributed by atoms with Gasteiger partial charge in [-0.2, -0.15) is 5.48 Å². The highest BCUT2D eigenvalue weighted by molar-refractivity contribution is 5.28. The van der Waals surface area contributed by atoms with E-state index in [1.54, 1.807) is 0 Å². The molecule has 4 heteroatoms. The highest BCUT2D eigenvalue weighted by atomic mass is 19.1. The van der Waals surface area contributed by atoms with Crippen molar-refractivity contribution in [3.05, 3.63) is 29.6 Å². The Kier molecular flexibility index (Phi) is 3.01. The van der Waals surface area contributed by atoms with Gasteiger partial charge in [-0.25, -0.2) is 4.39 Å². The Morgan fingerprint density at radius 1 is 1.50 bits per heavy atom. The van der Waals surface area contributed by atoms with Gasteiger partial charge in [-0.3, -0.25) is 0 Å². The Hall–Kier alpha value is -1.13. The van der Waals surface area contributed by atoms with Crippen LogP contribution >= 0.6 is 0 Å². The van der Waals surface area contributed by atoms with Crippen molar-refractivity contribution in [2.24, 2.45) is 0 Å². The highest BCUT2D eigenvalue weighted by Crippen LogP contribution is 2.13. The van der Waals surface area contributed by atoms with Gasteiger partial charge in [0.05, 0.1) is 7.11 Å². The van der Waals surface area contributed by atoms with E-state index in [0.717, 1.165) is 6.07 Å². The van der Waals surface area contributed by atoms with Crippen molar-refractivity contribution >= 4 is 0 Å². The third kappa shape index (κ3) is 2.48. The number of phenols is 1. The molecule has 0 aromatic heterocycles. The van der Waals surface area contributed by atoms with Gasteiger partial charge in [-0.15, -0.1) is 0 Å². The molecule has 1 rings (SSSR count). The number of aromatic hydroxyl groups is 1. The quantitative estimate of drug-likeness (QED) is 0.671. The van der Waals surface area contributed by atoms with E-state index in [2.05, 4.69) is 10.3 Å². The molecule has 0 fully saturated rings. The number of halogens is 1. The van der Waals surface area contributed by atoms with Crippen LogP contribution in [-0.4, -0.2) is 12.2 Å². The summed E-state index contributed by atoms with van der Waals surface area (Å²) in [6.45, 7) is 0.363. The second-order valence-electron chi connectivity index (χ2n) is 2.34. The number of hydrogen-bond acceptors (Lipinski definition) is 3. The summed E-state index contributed by atoms with van der Waals surface area (Å²) >= 11 is 0. The fraction of sp³-hybridized carbons (Fsp3) is 0.250. The van der Waals surface area contributed by atoms with E-state index in [0.29, 0.717) is 12.1 Å². The van der Waals surface area contributed by atoms with Crippen LogP contribution in [0.1, 0.15) is 5.56 Å². The fourth-order valence-corrected chi connectivity index (χ4v) is 0.891. The highest BCUT2D eigenvalue weighted by Gasteiger charge is 1.98. The molecule has 0 atom stereocenters. The summed E-state index contributed by atoms with van der Waals surface area (Å²) in [5, 5.41) is 8.98. The molecule has 0 saturated heterocycles. The molecule has 0 saturated carbocycles. The molecule has 0 bridgehead atoms. The van der Waals surface area contributed by atoms with Crippen LogP contribution in [0.4, 0.5) is 4.39 Å². The van der Waals surface area contributed by atoms with Crippen LogP contribution in [0.5, 0.6) is 5.75 Å². The average Bonchev–Trinajstić information content (AvgIpc) is 1.99. The van der Waals surface area contributed by atoms with E-state index in [9.17, 15) is 4.39 Å². The minimum atomic E-state index is -0.456. The van der Waals surface area contributed by atoms with Gasteiger partial charge in [0.15, 0.2) is 0 Å². The zero-order chi connectivity index (χ0) is 8.97. The average molecular weight is 171 g/mol. The van der Waals surface area contributed by atoms with Gasteiger partial charge in [-0.1, -0.05) is 0 Å².